The second-order valence-electron chi connectivity index (χ2n) is 10.4. The molecule has 2 heterocycles. The zero-order valence-corrected chi connectivity index (χ0v) is 22.8. The van der Waals surface area contributed by atoms with Gasteiger partial charge in [0.25, 0.3) is 5.91 Å². The van der Waals surface area contributed by atoms with Gasteiger partial charge in [0.15, 0.2) is 5.17 Å². The number of amides is 1. The summed E-state index contributed by atoms with van der Waals surface area (Å²) in [6, 6.07) is 29.3. The third-order valence-corrected chi connectivity index (χ3v) is 8.94. The third-order valence-electron chi connectivity index (χ3n) is 7.95. The van der Waals surface area contributed by atoms with E-state index in [1.54, 1.807) is 0 Å². The quantitative estimate of drug-likeness (QED) is 0.249. The van der Waals surface area contributed by atoms with Crippen LogP contribution in [-0.4, -0.2) is 26.6 Å². The number of hydrogen-bond acceptors (Lipinski definition) is 3. The number of fused-ring (bicyclic) bond motifs is 1. The highest BCUT2D eigenvalue weighted by Crippen LogP contribution is 2.41. The first-order valence-electron chi connectivity index (χ1n) is 13.6. The number of hydrogen-bond donors (Lipinski definition) is 0. The Kier molecular flexibility index (Phi) is 6.94. The lowest BCUT2D eigenvalue weighted by Crippen LogP contribution is -2.44. The Morgan fingerprint density at radius 2 is 1.61 bits per heavy atom. The van der Waals surface area contributed by atoms with Crippen LogP contribution in [0.2, 0.25) is 0 Å². The van der Waals surface area contributed by atoms with E-state index in [1.165, 1.54) is 40.3 Å². The van der Waals surface area contributed by atoms with E-state index in [1.807, 2.05) is 35.2 Å². The number of carbonyl (C=O) groups excluding carboxylic acids is 1. The number of nitrogens with zero attached hydrogens (tertiary/aromatic N) is 3. The van der Waals surface area contributed by atoms with Crippen molar-refractivity contribution in [3.8, 4) is 0 Å². The van der Waals surface area contributed by atoms with Gasteiger partial charge in [0.2, 0.25) is 0 Å². The number of aromatic nitrogens is 1. The van der Waals surface area contributed by atoms with E-state index in [4.69, 9.17) is 4.99 Å². The molecule has 6 rings (SSSR count). The number of aliphatic imine (C=N–C) groups is 1. The normalized spacial score (nSPS) is 22.2. The molecule has 5 heteroatoms. The SMILES string of the molecule is Cc1c(/C=C2\SC(=Nc3ccccc3)N([C@H]3CCCC[C@H]3C)C2=O)c2ccccc2n1Cc1ccccc1. The van der Waals surface area contributed by atoms with Crippen molar-refractivity contribution in [2.45, 2.75) is 52.1 Å². The lowest BCUT2D eigenvalue weighted by molar-refractivity contribution is -0.124. The monoisotopic (exact) mass is 519 g/mol. The summed E-state index contributed by atoms with van der Waals surface area (Å²) < 4.78 is 2.36. The lowest BCUT2D eigenvalue weighted by Gasteiger charge is -2.35. The molecule has 0 spiro atoms. The Balaban J connectivity index is 1.43. The zero-order chi connectivity index (χ0) is 26.1. The molecule has 2 aliphatic rings. The fraction of sp³-hybridized carbons (Fsp3) is 0.273. The molecule has 1 aliphatic heterocycles. The highest BCUT2D eigenvalue weighted by molar-refractivity contribution is 8.18. The van der Waals surface area contributed by atoms with Crippen LogP contribution in [-0.2, 0) is 11.3 Å². The first kappa shape index (κ1) is 24.7. The van der Waals surface area contributed by atoms with Crippen LogP contribution in [0.3, 0.4) is 0 Å². The molecule has 4 nitrogen and oxygen atoms in total. The fourth-order valence-corrected chi connectivity index (χ4v) is 6.92. The molecule has 4 aromatic rings. The van der Waals surface area contributed by atoms with Crippen molar-refractivity contribution < 1.29 is 4.79 Å². The summed E-state index contributed by atoms with van der Waals surface area (Å²) in [5.41, 5.74) is 5.61. The summed E-state index contributed by atoms with van der Waals surface area (Å²) in [5.74, 6) is 0.547. The van der Waals surface area contributed by atoms with E-state index in [-0.39, 0.29) is 11.9 Å². The average Bonchev–Trinajstić information content (AvgIpc) is 3.39. The van der Waals surface area contributed by atoms with Crippen LogP contribution >= 0.6 is 11.8 Å². The van der Waals surface area contributed by atoms with Crippen molar-refractivity contribution in [3.63, 3.8) is 0 Å². The molecular formula is C33H33N3OS. The van der Waals surface area contributed by atoms with Gasteiger partial charge < -0.3 is 4.57 Å². The van der Waals surface area contributed by atoms with Crippen molar-refractivity contribution in [2.75, 3.05) is 0 Å². The highest BCUT2D eigenvalue weighted by atomic mass is 32.2. The minimum absolute atomic E-state index is 0.0859. The number of thioether (sulfide) groups is 1. The molecule has 1 amide bonds. The topological polar surface area (TPSA) is 37.6 Å². The molecule has 3 aromatic carbocycles. The van der Waals surface area contributed by atoms with Gasteiger partial charge in [-0.05, 0) is 67.3 Å². The van der Waals surface area contributed by atoms with Crippen molar-refractivity contribution in [1.82, 2.24) is 9.47 Å². The summed E-state index contributed by atoms with van der Waals surface area (Å²) in [4.78, 5) is 21.8. The van der Waals surface area contributed by atoms with Crippen LogP contribution in [0, 0.1) is 12.8 Å². The molecule has 2 atom stereocenters. The van der Waals surface area contributed by atoms with Crippen molar-refractivity contribution in [1.29, 1.82) is 0 Å². The fourth-order valence-electron chi connectivity index (χ4n) is 5.89. The summed E-state index contributed by atoms with van der Waals surface area (Å²) in [7, 11) is 0. The maximum absolute atomic E-state index is 14.0. The number of amidine groups is 1. The molecule has 1 aliphatic carbocycles. The lowest BCUT2D eigenvalue weighted by atomic mass is 9.85. The van der Waals surface area contributed by atoms with Gasteiger partial charge in [-0.1, -0.05) is 86.5 Å². The first-order valence-corrected chi connectivity index (χ1v) is 14.4. The Labute approximate surface area is 229 Å². The molecule has 0 N–H and O–H groups in total. The zero-order valence-electron chi connectivity index (χ0n) is 22.0. The van der Waals surface area contributed by atoms with Crippen LogP contribution in [0.25, 0.3) is 17.0 Å². The predicted molar refractivity (Wildman–Crippen MR) is 160 cm³/mol. The molecule has 192 valence electrons. The number of rotatable bonds is 5. The summed E-state index contributed by atoms with van der Waals surface area (Å²) in [6.07, 6.45) is 6.70. The van der Waals surface area contributed by atoms with Crippen molar-refractivity contribution in [2.24, 2.45) is 10.9 Å². The Morgan fingerprint density at radius 1 is 0.921 bits per heavy atom. The number of benzene rings is 3. The average molecular weight is 520 g/mol. The molecule has 1 saturated heterocycles. The van der Waals surface area contributed by atoms with Gasteiger partial charge in [-0.2, -0.15) is 0 Å². The molecule has 1 aromatic heterocycles. The highest BCUT2D eigenvalue weighted by Gasteiger charge is 2.41. The molecular weight excluding hydrogens is 486 g/mol. The second kappa shape index (κ2) is 10.7. The van der Waals surface area contributed by atoms with E-state index < -0.39 is 0 Å². The van der Waals surface area contributed by atoms with E-state index in [0.29, 0.717) is 5.92 Å². The van der Waals surface area contributed by atoms with E-state index in [2.05, 4.69) is 79.1 Å². The smallest absolute Gasteiger partial charge is 0.267 e. The third kappa shape index (κ3) is 4.71. The van der Waals surface area contributed by atoms with Crippen LogP contribution in [0.1, 0.15) is 49.4 Å². The first-order chi connectivity index (χ1) is 18.6. The number of carbonyl (C=O) groups is 1. The summed E-state index contributed by atoms with van der Waals surface area (Å²) in [5, 5.41) is 1.98. The van der Waals surface area contributed by atoms with Gasteiger partial charge >= 0.3 is 0 Å². The van der Waals surface area contributed by atoms with Gasteiger partial charge in [0.05, 0.1) is 10.6 Å². The number of para-hydroxylation sites is 2. The van der Waals surface area contributed by atoms with E-state index >= 15 is 0 Å². The van der Waals surface area contributed by atoms with Crippen LogP contribution < -0.4 is 0 Å². The molecule has 38 heavy (non-hydrogen) atoms. The molecule has 2 fully saturated rings. The van der Waals surface area contributed by atoms with Gasteiger partial charge in [-0.15, -0.1) is 0 Å². The predicted octanol–water partition coefficient (Wildman–Crippen LogP) is 8.18. The Bertz CT molecular complexity index is 1520. The van der Waals surface area contributed by atoms with Crippen molar-refractivity contribution >= 4 is 45.5 Å². The van der Waals surface area contributed by atoms with Gasteiger partial charge in [0, 0.05) is 34.7 Å². The summed E-state index contributed by atoms with van der Waals surface area (Å²) >= 11 is 1.52. The maximum atomic E-state index is 14.0. The molecule has 1 saturated carbocycles. The van der Waals surface area contributed by atoms with Gasteiger partial charge in [-0.25, -0.2) is 4.99 Å². The van der Waals surface area contributed by atoms with Crippen LogP contribution in [0.15, 0.2) is 94.8 Å². The van der Waals surface area contributed by atoms with Gasteiger partial charge in [-0.3, -0.25) is 9.69 Å². The Morgan fingerprint density at radius 3 is 2.37 bits per heavy atom. The molecule has 0 bridgehead atoms. The Hall–Kier alpha value is -3.57. The minimum Gasteiger partial charge on any atom is -0.340 e. The summed E-state index contributed by atoms with van der Waals surface area (Å²) in [6.45, 7) is 5.24. The largest absolute Gasteiger partial charge is 0.340 e. The van der Waals surface area contributed by atoms with Gasteiger partial charge in [0.1, 0.15) is 0 Å². The minimum atomic E-state index is 0.0859. The van der Waals surface area contributed by atoms with E-state index in [9.17, 15) is 4.79 Å². The second-order valence-corrected chi connectivity index (χ2v) is 11.4. The maximum Gasteiger partial charge on any atom is 0.267 e. The van der Waals surface area contributed by atoms with E-state index in [0.717, 1.165) is 47.1 Å². The van der Waals surface area contributed by atoms with Crippen molar-refractivity contribution in [3.05, 3.63) is 107 Å². The molecule has 0 radical (unpaired) electrons. The molecule has 0 unspecified atom stereocenters. The van der Waals surface area contributed by atoms with Crippen LogP contribution in [0.5, 0.6) is 0 Å². The van der Waals surface area contributed by atoms with Crippen LogP contribution in [0.4, 0.5) is 5.69 Å². The standard InChI is InChI=1S/C33H33N3OS/c1-23-13-9-11-19-29(23)36-32(37)31(38-33(36)34-26-16-7-4-8-17-26)21-28-24(2)35(22-25-14-5-3-6-15-25)30-20-12-10-18-27(28)30/h3-8,10,12,14-18,20-21,23,29H,9,11,13,19,22H2,1-2H3/b31-21-,34-33?/t23-,29+/m1/s1.